The summed E-state index contributed by atoms with van der Waals surface area (Å²) in [5.41, 5.74) is 3.93. The second kappa shape index (κ2) is 3.10. The van der Waals surface area contributed by atoms with E-state index >= 15 is 0 Å². The first kappa shape index (κ1) is 7.53. The van der Waals surface area contributed by atoms with Crippen LogP contribution in [0.15, 0.2) is 18.3 Å². The first-order valence-electron chi connectivity index (χ1n) is 4.54. The second-order valence-electron chi connectivity index (χ2n) is 3.18. The molecule has 1 heterocycles. The van der Waals surface area contributed by atoms with Gasteiger partial charge in [0.1, 0.15) is 0 Å². The van der Waals surface area contributed by atoms with Crippen LogP contribution in [0, 0.1) is 0 Å². The van der Waals surface area contributed by atoms with Crippen LogP contribution in [0.3, 0.4) is 0 Å². The van der Waals surface area contributed by atoms with E-state index in [-0.39, 0.29) is 0 Å². The van der Waals surface area contributed by atoms with Crippen LogP contribution in [-0.4, -0.2) is 4.98 Å². The highest BCUT2D eigenvalue weighted by Gasteiger charge is 2.05. The monoisotopic (exact) mass is 159 g/mol. The van der Waals surface area contributed by atoms with Crippen LogP contribution in [0.4, 0.5) is 0 Å². The molecule has 0 radical (unpaired) electrons. The number of nitrogens with zero attached hydrogens (tertiary/aromatic N) is 1. The van der Waals surface area contributed by atoms with Gasteiger partial charge in [-0.15, -0.1) is 0 Å². The van der Waals surface area contributed by atoms with Crippen molar-refractivity contribution in [3.05, 3.63) is 35.2 Å². The van der Waals surface area contributed by atoms with E-state index in [2.05, 4.69) is 30.1 Å². The second-order valence-corrected chi connectivity index (χ2v) is 3.18. The summed E-state index contributed by atoms with van der Waals surface area (Å²) in [7, 11) is 0. The van der Waals surface area contributed by atoms with Gasteiger partial charge in [0.2, 0.25) is 0 Å². The summed E-state index contributed by atoms with van der Waals surface area (Å²) in [6.07, 6.45) is 9.71. The number of aromatic nitrogens is 1. The molecule has 0 saturated carbocycles. The van der Waals surface area contributed by atoms with Crippen LogP contribution in [0.25, 0.3) is 6.08 Å². The fourth-order valence-electron chi connectivity index (χ4n) is 1.55. The molecule has 1 heteroatoms. The van der Waals surface area contributed by atoms with Crippen LogP contribution in [-0.2, 0) is 12.8 Å². The van der Waals surface area contributed by atoms with E-state index in [1.165, 1.54) is 23.2 Å². The molecule has 1 aromatic heterocycles. The lowest BCUT2D eigenvalue weighted by Crippen LogP contribution is -1.98. The zero-order valence-electron chi connectivity index (χ0n) is 7.38. The molecule has 0 aromatic carbocycles. The van der Waals surface area contributed by atoms with Gasteiger partial charge in [0.15, 0.2) is 0 Å². The minimum atomic E-state index is 1.09. The quantitative estimate of drug-likeness (QED) is 0.613. The lowest BCUT2D eigenvalue weighted by molar-refractivity contribution is 0.948. The van der Waals surface area contributed by atoms with E-state index in [4.69, 9.17) is 0 Å². The van der Waals surface area contributed by atoms with Gasteiger partial charge in [-0.2, -0.15) is 0 Å². The van der Waals surface area contributed by atoms with E-state index in [1.807, 2.05) is 6.20 Å². The molecule has 62 valence electrons. The number of rotatable bonds is 1. The molecule has 0 unspecified atom stereocenters. The molecule has 1 aromatic rings. The molecule has 1 aliphatic carbocycles. The van der Waals surface area contributed by atoms with E-state index in [0.29, 0.717) is 0 Å². The molecule has 0 fully saturated rings. The van der Waals surface area contributed by atoms with E-state index in [9.17, 15) is 0 Å². The van der Waals surface area contributed by atoms with Crippen LogP contribution in [0.2, 0.25) is 0 Å². The van der Waals surface area contributed by atoms with Crippen molar-refractivity contribution in [2.24, 2.45) is 0 Å². The van der Waals surface area contributed by atoms with Crippen molar-refractivity contribution in [3.63, 3.8) is 0 Å². The van der Waals surface area contributed by atoms with Crippen molar-refractivity contribution in [1.29, 1.82) is 0 Å². The maximum Gasteiger partial charge on any atom is 0.0658 e. The van der Waals surface area contributed by atoms with Crippen molar-refractivity contribution < 1.29 is 0 Å². The summed E-state index contributed by atoms with van der Waals surface area (Å²) in [6.45, 7) is 2.17. The Morgan fingerprint density at radius 2 is 2.42 bits per heavy atom. The molecule has 0 atom stereocenters. The van der Waals surface area contributed by atoms with Crippen molar-refractivity contribution >= 4 is 6.08 Å². The Morgan fingerprint density at radius 3 is 3.25 bits per heavy atom. The Hall–Kier alpha value is -1.11. The highest BCUT2D eigenvalue weighted by atomic mass is 14.7. The Morgan fingerprint density at radius 1 is 1.50 bits per heavy atom. The lowest BCUT2D eigenvalue weighted by atomic mass is 10.0. The van der Waals surface area contributed by atoms with Gasteiger partial charge in [0, 0.05) is 6.20 Å². The predicted octanol–water partition coefficient (Wildman–Crippen LogP) is 2.60. The highest BCUT2D eigenvalue weighted by Crippen LogP contribution is 2.17. The maximum absolute atomic E-state index is 4.40. The average molecular weight is 159 g/mol. The van der Waals surface area contributed by atoms with Gasteiger partial charge in [-0.05, 0) is 36.5 Å². The molecule has 0 N–H and O–H groups in total. The van der Waals surface area contributed by atoms with Crippen LogP contribution >= 0.6 is 0 Å². The van der Waals surface area contributed by atoms with Crippen molar-refractivity contribution in [2.45, 2.75) is 26.2 Å². The summed E-state index contributed by atoms with van der Waals surface area (Å²) in [6, 6.07) is 2.28. The molecule has 0 saturated heterocycles. The average Bonchev–Trinajstić information content (AvgIpc) is 2.17. The van der Waals surface area contributed by atoms with Gasteiger partial charge in [0.25, 0.3) is 0 Å². The van der Waals surface area contributed by atoms with E-state index < -0.39 is 0 Å². The lowest BCUT2D eigenvalue weighted by Gasteiger charge is -2.09. The molecular formula is C11H13N. The third-order valence-electron chi connectivity index (χ3n) is 2.32. The molecular weight excluding hydrogens is 146 g/mol. The number of allylic oxidation sites excluding steroid dienone is 1. The van der Waals surface area contributed by atoms with E-state index in [0.717, 1.165) is 12.8 Å². The summed E-state index contributed by atoms with van der Waals surface area (Å²) in [5, 5.41) is 0. The summed E-state index contributed by atoms with van der Waals surface area (Å²) in [4.78, 5) is 4.40. The Kier molecular flexibility index (Phi) is 1.94. The molecule has 0 bridgehead atoms. The normalized spacial score (nSPS) is 14.4. The first-order valence-corrected chi connectivity index (χ1v) is 4.54. The fourth-order valence-corrected chi connectivity index (χ4v) is 1.55. The van der Waals surface area contributed by atoms with Crippen molar-refractivity contribution in [3.8, 4) is 0 Å². The zero-order chi connectivity index (χ0) is 8.39. The predicted molar refractivity (Wildman–Crippen MR) is 51.0 cm³/mol. The third kappa shape index (κ3) is 1.27. The largest absolute Gasteiger partial charge is 0.256 e. The minimum Gasteiger partial charge on any atom is -0.256 e. The molecule has 2 rings (SSSR count). The topological polar surface area (TPSA) is 12.9 Å². The highest BCUT2D eigenvalue weighted by molar-refractivity contribution is 5.52. The standard InChI is InChI=1S/C11H13N/c1-2-9-7-10-5-3-4-6-11(10)12-8-9/h4,6-8H,2-3,5H2,1H3. The van der Waals surface area contributed by atoms with Gasteiger partial charge >= 0.3 is 0 Å². The summed E-state index contributed by atoms with van der Waals surface area (Å²) < 4.78 is 0. The van der Waals surface area contributed by atoms with Gasteiger partial charge in [-0.1, -0.05) is 19.1 Å². The third-order valence-corrected chi connectivity index (χ3v) is 2.32. The number of hydrogen-bond donors (Lipinski definition) is 0. The fraction of sp³-hybridized carbons (Fsp3) is 0.364. The molecule has 1 aliphatic rings. The van der Waals surface area contributed by atoms with Crippen molar-refractivity contribution in [2.75, 3.05) is 0 Å². The zero-order valence-corrected chi connectivity index (χ0v) is 7.38. The van der Waals surface area contributed by atoms with Gasteiger partial charge in [-0.25, -0.2) is 0 Å². The Bertz CT molecular complexity index is 313. The van der Waals surface area contributed by atoms with Crippen LogP contribution in [0.1, 0.15) is 30.2 Å². The Balaban J connectivity index is 2.44. The Labute approximate surface area is 73.1 Å². The molecule has 12 heavy (non-hydrogen) atoms. The minimum absolute atomic E-state index is 1.09. The number of hydrogen-bond acceptors (Lipinski definition) is 1. The number of pyridine rings is 1. The molecule has 1 nitrogen and oxygen atoms in total. The molecule has 0 amide bonds. The first-order chi connectivity index (χ1) is 5.90. The maximum atomic E-state index is 4.40. The van der Waals surface area contributed by atoms with Crippen LogP contribution < -0.4 is 0 Å². The van der Waals surface area contributed by atoms with Gasteiger partial charge in [0.05, 0.1) is 5.69 Å². The number of fused-ring (bicyclic) bond motifs is 1. The molecule has 0 aliphatic heterocycles. The van der Waals surface area contributed by atoms with E-state index in [1.54, 1.807) is 0 Å². The number of aryl methyl sites for hydroxylation is 2. The van der Waals surface area contributed by atoms with Crippen LogP contribution in [0.5, 0.6) is 0 Å². The summed E-state index contributed by atoms with van der Waals surface area (Å²) in [5.74, 6) is 0. The molecule has 0 spiro atoms. The van der Waals surface area contributed by atoms with Crippen molar-refractivity contribution in [1.82, 2.24) is 4.98 Å². The summed E-state index contributed by atoms with van der Waals surface area (Å²) >= 11 is 0. The van der Waals surface area contributed by atoms with Gasteiger partial charge < -0.3 is 0 Å². The van der Waals surface area contributed by atoms with Gasteiger partial charge in [-0.3, -0.25) is 4.98 Å². The SMILES string of the molecule is CCc1cnc2c(c1)CCC=C2. The smallest absolute Gasteiger partial charge is 0.0658 e.